The Labute approximate surface area is 222 Å². The van der Waals surface area contributed by atoms with Crippen molar-refractivity contribution < 1.29 is 19.7 Å². The molecule has 2 aliphatic rings. The molecule has 1 heterocycles. The molecule has 3 aromatic rings. The maximum Gasteiger partial charge on any atom is 0.293 e. The Morgan fingerprint density at radius 3 is 2.13 bits per heavy atom. The van der Waals surface area contributed by atoms with Crippen LogP contribution in [0.4, 0.5) is 5.69 Å². The largest absolute Gasteiger partial charge is 0.508 e. The Kier molecular flexibility index (Phi) is 7.60. The summed E-state index contributed by atoms with van der Waals surface area (Å²) in [6.07, 6.45) is 2.46. The maximum absolute atomic E-state index is 13.5. The van der Waals surface area contributed by atoms with Crippen LogP contribution in [0.2, 0.25) is 0 Å². The molecule has 1 saturated heterocycles. The molecular weight excluding hydrogens is 480 g/mol. The molecule has 4 N–H and O–H groups in total. The summed E-state index contributed by atoms with van der Waals surface area (Å²) in [6.45, 7) is 3.17. The highest BCUT2D eigenvalue weighted by molar-refractivity contribution is 6.05. The molecule has 0 atom stereocenters. The Bertz CT molecular complexity index is 1290. The van der Waals surface area contributed by atoms with Crippen LogP contribution in [0.1, 0.15) is 16.7 Å². The van der Waals surface area contributed by atoms with Gasteiger partial charge in [-0.25, -0.2) is 0 Å². The molecule has 0 unspecified atom stereocenters. The van der Waals surface area contributed by atoms with E-state index in [1.54, 1.807) is 12.1 Å². The number of anilines is 1. The summed E-state index contributed by atoms with van der Waals surface area (Å²) in [5, 5.41) is 30.7. The number of nitrogens with zero attached hydrogens (tertiary/aromatic N) is 2. The summed E-state index contributed by atoms with van der Waals surface area (Å²) in [5.74, 6) is -0.141. The van der Waals surface area contributed by atoms with E-state index < -0.39 is 0 Å². The van der Waals surface area contributed by atoms with Crippen LogP contribution in [-0.2, 0) is 28.9 Å². The third-order valence-corrected chi connectivity index (χ3v) is 6.99. The third-order valence-electron chi connectivity index (χ3n) is 6.99. The summed E-state index contributed by atoms with van der Waals surface area (Å²) >= 11 is 0. The van der Waals surface area contributed by atoms with Crippen LogP contribution in [0, 0.1) is 5.41 Å². The van der Waals surface area contributed by atoms with Gasteiger partial charge in [0.05, 0.1) is 0 Å². The minimum atomic E-state index is -0.372. The standard InChI is InChI=1S/C30H32N4O4/c31-19-28(34-12-10-33(11-13-34)20-21-14-25(35)18-26(36)15-21)29(30(37)32-24-8-2-1-3-9-24)38-27-16-22-6-4-5-7-23(22)17-27/h1-9,14-15,18-19,27,31,35-36H,10-13,16-17,20H2,(H,32,37)/b29-28-,31-19?. The highest BCUT2D eigenvalue weighted by Gasteiger charge is 2.30. The van der Waals surface area contributed by atoms with E-state index in [0.717, 1.165) is 5.56 Å². The van der Waals surface area contributed by atoms with Gasteiger partial charge in [-0.2, -0.15) is 0 Å². The van der Waals surface area contributed by atoms with Gasteiger partial charge in [-0.05, 0) is 41.0 Å². The van der Waals surface area contributed by atoms with Gasteiger partial charge >= 0.3 is 0 Å². The number of hydrogen-bond donors (Lipinski definition) is 4. The molecule has 0 spiro atoms. The monoisotopic (exact) mass is 512 g/mol. The molecule has 0 aromatic heterocycles. The highest BCUT2D eigenvalue weighted by atomic mass is 16.5. The molecule has 5 rings (SSSR count). The van der Waals surface area contributed by atoms with Crippen LogP contribution in [0.3, 0.4) is 0 Å². The summed E-state index contributed by atoms with van der Waals surface area (Å²) in [7, 11) is 0. The number of nitrogens with one attached hydrogen (secondary N) is 2. The van der Waals surface area contributed by atoms with Gasteiger partial charge < -0.3 is 30.6 Å². The van der Waals surface area contributed by atoms with Crippen molar-refractivity contribution in [2.45, 2.75) is 25.5 Å². The van der Waals surface area contributed by atoms with Gasteiger partial charge in [-0.3, -0.25) is 9.69 Å². The first kappa shape index (κ1) is 25.4. The molecule has 8 nitrogen and oxygen atoms in total. The van der Waals surface area contributed by atoms with E-state index >= 15 is 0 Å². The second-order valence-corrected chi connectivity index (χ2v) is 9.72. The van der Waals surface area contributed by atoms with E-state index in [4.69, 9.17) is 10.1 Å². The number of phenolic OH excluding ortho intramolecular Hbond substituents is 2. The van der Waals surface area contributed by atoms with Crippen molar-refractivity contribution in [3.63, 3.8) is 0 Å². The Morgan fingerprint density at radius 1 is 0.921 bits per heavy atom. The maximum atomic E-state index is 13.5. The minimum absolute atomic E-state index is 0.0351. The van der Waals surface area contributed by atoms with Gasteiger partial charge in [0.15, 0.2) is 0 Å². The number of phenols is 2. The number of carbonyl (C=O) groups is 1. The number of para-hydroxylation sites is 1. The number of benzene rings is 3. The number of rotatable bonds is 8. The van der Waals surface area contributed by atoms with Gasteiger partial charge in [0.1, 0.15) is 23.3 Å². The first-order valence-electron chi connectivity index (χ1n) is 12.8. The fourth-order valence-electron chi connectivity index (χ4n) is 5.16. The van der Waals surface area contributed by atoms with Crippen LogP contribution in [-0.4, -0.2) is 64.4 Å². The molecule has 1 aliphatic carbocycles. The second kappa shape index (κ2) is 11.4. The van der Waals surface area contributed by atoms with Crippen molar-refractivity contribution >= 4 is 17.8 Å². The predicted octanol–water partition coefficient (Wildman–Crippen LogP) is 3.90. The lowest BCUT2D eigenvalue weighted by Gasteiger charge is -2.37. The van der Waals surface area contributed by atoms with E-state index in [2.05, 4.69) is 22.3 Å². The van der Waals surface area contributed by atoms with E-state index in [1.807, 2.05) is 47.4 Å². The van der Waals surface area contributed by atoms with E-state index in [1.165, 1.54) is 23.4 Å². The third kappa shape index (κ3) is 5.98. The number of aromatic hydroxyl groups is 2. The molecule has 0 saturated carbocycles. The summed E-state index contributed by atoms with van der Waals surface area (Å²) < 4.78 is 6.39. The van der Waals surface area contributed by atoms with Crippen LogP contribution in [0.5, 0.6) is 11.5 Å². The fourth-order valence-corrected chi connectivity index (χ4v) is 5.16. The number of ether oxygens (including phenoxy) is 1. The van der Waals surface area contributed by atoms with Crippen LogP contribution in [0.25, 0.3) is 0 Å². The molecule has 196 valence electrons. The van der Waals surface area contributed by atoms with Crippen LogP contribution < -0.4 is 5.32 Å². The Hall–Kier alpha value is -4.30. The zero-order valence-electron chi connectivity index (χ0n) is 21.1. The van der Waals surface area contributed by atoms with Crippen molar-refractivity contribution in [2.75, 3.05) is 31.5 Å². The normalized spacial score (nSPS) is 16.5. The lowest BCUT2D eigenvalue weighted by Crippen LogP contribution is -2.46. The summed E-state index contributed by atoms with van der Waals surface area (Å²) in [4.78, 5) is 17.7. The number of piperazine rings is 1. The SMILES string of the molecule is N=C/C(=C(/OC1Cc2ccccc2C1)C(=O)Nc1ccccc1)N1CCN(Cc2cc(O)cc(O)c2)CC1. The van der Waals surface area contributed by atoms with Gasteiger partial charge in [-0.1, -0.05) is 42.5 Å². The molecule has 0 bridgehead atoms. The smallest absolute Gasteiger partial charge is 0.293 e. The van der Waals surface area contributed by atoms with E-state index in [9.17, 15) is 15.0 Å². The molecular formula is C30H32N4O4. The first-order chi connectivity index (χ1) is 18.5. The van der Waals surface area contributed by atoms with Crippen LogP contribution in [0.15, 0.2) is 84.3 Å². The predicted molar refractivity (Wildman–Crippen MR) is 146 cm³/mol. The first-order valence-corrected chi connectivity index (χ1v) is 12.8. The summed E-state index contributed by atoms with van der Waals surface area (Å²) in [6, 6.07) is 22.1. The minimum Gasteiger partial charge on any atom is -0.508 e. The topological polar surface area (TPSA) is 109 Å². The van der Waals surface area contributed by atoms with Crippen molar-refractivity contribution in [2.24, 2.45) is 0 Å². The highest BCUT2D eigenvalue weighted by Crippen LogP contribution is 2.28. The number of hydrogen-bond acceptors (Lipinski definition) is 7. The molecule has 1 fully saturated rings. The number of fused-ring (bicyclic) bond motifs is 1. The van der Waals surface area contributed by atoms with Crippen molar-refractivity contribution in [3.05, 3.63) is 101 Å². The van der Waals surface area contributed by atoms with Gasteiger partial charge in [0.25, 0.3) is 5.91 Å². The molecule has 8 heteroatoms. The van der Waals surface area contributed by atoms with Crippen LogP contribution >= 0.6 is 0 Å². The van der Waals surface area contributed by atoms with E-state index in [-0.39, 0.29) is 29.3 Å². The van der Waals surface area contributed by atoms with Crippen molar-refractivity contribution in [3.8, 4) is 11.5 Å². The van der Waals surface area contributed by atoms with Gasteiger partial charge in [-0.15, -0.1) is 0 Å². The molecule has 1 amide bonds. The number of carbonyl (C=O) groups excluding carboxylic acids is 1. The van der Waals surface area contributed by atoms with Crippen molar-refractivity contribution in [1.82, 2.24) is 9.80 Å². The molecule has 3 aromatic carbocycles. The fraction of sp³-hybridized carbons (Fsp3) is 0.267. The zero-order valence-corrected chi connectivity index (χ0v) is 21.1. The number of allylic oxidation sites excluding steroid dienone is 1. The molecule has 38 heavy (non-hydrogen) atoms. The average molecular weight is 513 g/mol. The van der Waals surface area contributed by atoms with Gasteiger partial charge in [0, 0.05) is 63.5 Å². The lowest BCUT2D eigenvalue weighted by molar-refractivity contribution is -0.117. The average Bonchev–Trinajstić information content (AvgIpc) is 3.32. The van der Waals surface area contributed by atoms with Gasteiger partial charge in [0.2, 0.25) is 5.76 Å². The molecule has 0 radical (unpaired) electrons. The quantitative estimate of drug-likeness (QED) is 0.207. The zero-order chi connectivity index (χ0) is 26.5. The van der Waals surface area contributed by atoms with E-state index in [0.29, 0.717) is 56.9 Å². The Morgan fingerprint density at radius 2 is 1.53 bits per heavy atom. The Balaban J connectivity index is 1.33. The lowest BCUT2D eigenvalue weighted by atomic mass is 10.1. The number of amides is 1. The summed E-state index contributed by atoms with van der Waals surface area (Å²) in [5.41, 5.74) is 4.40. The second-order valence-electron chi connectivity index (χ2n) is 9.72. The molecule has 1 aliphatic heterocycles. The van der Waals surface area contributed by atoms with Crippen molar-refractivity contribution in [1.29, 1.82) is 5.41 Å².